The maximum absolute atomic E-state index is 12.6. The van der Waals surface area contributed by atoms with Crippen LogP contribution in [0.15, 0.2) is 48.5 Å². The molecular weight excluding hydrogens is 322 g/mol. The van der Waals surface area contributed by atoms with Gasteiger partial charge in [-0.3, -0.25) is 4.79 Å². The van der Waals surface area contributed by atoms with E-state index in [1.807, 2.05) is 31.2 Å². The van der Waals surface area contributed by atoms with Crippen molar-refractivity contribution in [3.63, 3.8) is 0 Å². The maximum Gasteiger partial charge on any atom is 0.248 e. The van der Waals surface area contributed by atoms with E-state index in [2.05, 4.69) is 51.2 Å². The molecule has 0 saturated heterocycles. The summed E-state index contributed by atoms with van der Waals surface area (Å²) in [6, 6.07) is 13.9. The van der Waals surface area contributed by atoms with E-state index in [0.29, 0.717) is 18.4 Å². The van der Waals surface area contributed by atoms with Gasteiger partial charge in [-0.1, -0.05) is 64.1 Å². The zero-order valence-electron chi connectivity index (χ0n) is 16.4. The normalized spacial score (nSPS) is 11.3. The van der Waals surface area contributed by atoms with Gasteiger partial charge < -0.3 is 10.1 Å². The minimum Gasteiger partial charge on any atom is -0.493 e. The summed E-state index contributed by atoms with van der Waals surface area (Å²) in [6.45, 7) is 11.1. The highest BCUT2D eigenvalue weighted by atomic mass is 16.5. The van der Waals surface area contributed by atoms with E-state index in [1.165, 1.54) is 0 Å². The molecule has 0 aliphatic rings. The maximum atomic E-state index is 12.6. The number of anilines is 1. The second-order valence-electron chi connectivity index (χ2n) is 6.91. The standard InChI is InChI=1S/C23H29NO2/c1-6-26-21-13-8-7-10-18(21)14-15-22(25)24-23-19(16(2)3)11-9-12-20(23)17(4)5/h7-17H,6H2,1-5H3,(H,24,25)/b15-14+. The Labute approximate surface area is 157 Å². The van der Waals surface area contributed by atoms with Gasteiger partial charge in [-0.05, 0) is 42.0 Å². The lowest BCUT2D eigenvalue weighted by molar-refractivity contribution is -0.111. The van der Waals surface area contributed by atoms with Crippen LogP contribution in [0.1, 0.15) is 63.1 Å². The van der Waals surface area contributed by atoms with Crippen LogP contribution in [0.4, 0.5) is 5.69 Å². The van der Waals surface area contributed by atoms with Crippen molar-refractivity contribution in [3.05, 3.63) is 65.2 Å². The van der Waals surface area contributed by atoms with Gasteiger partial charge in [0.25, 0.3) is 0 Å². The summed E-state index contributed by atoms with van der Waals surface area (Å²) in [6.07, 6.45) is 3.37. The van der Waals surface area contributed by atoms with E-state index < -0.39 is 0 Å². The Morgan fingerprint density at radius 1 is 1.00 bits per heavy atom. The van der Waals surface area contributed by atoms with E-state index in [4.69, 9.17) is 4.74 Å². The minimum absolute atomic E-state index is 0.133. The fourth-order valence-corrected chi connectivity index (χ4v) is 2.93. The summed E-state index contributed by atoms with van der Waals surface area (Å²) in [5.74, 6) is 1.33. The van der Waals surface area contributed by atoms with E-state index in [-0.39, 0.29) is 5.91 Å². The molecular formula is C23H29NO2. The van der Waals surface area contributed by atoms with Crippen LogP contribution in [0.5, 0.6) is 5.75 Å². The molecule has 2 aromatic rings. The third-order valence-electron chi connectivity index (χ3n) is 4.25. The van der Waals surface area contributed by atoms with Crippen molar-refractivity contribution in [1.82, 2.24) is 0 Å². The summed E-state index contributed by atoms with van der Waals surface area (Å²) in [4.78, 5) is 12.6. The Bertz CT molecular complexity index is 749. The Kier molecular flexibility index (Phi) is 7.02. The van der Waals surface area contributed by atoms with Crippen molar-refractivity contribution in [1.29, 1.82) is 0 Å². The Morgan fingerprint density at radius 3 is 2.19 bits per heavy atom. The first-order valence-corrected chi connectivity index (χ1v) is 9.27. The third kappa shape index (κ3) is 4.98. The average Bonchev–Trinajstić information content (AvgIpc) is 2.61. The van der Waals surface area contributed by atoms with Gasteiger partial charge in [-0.2, -0.15) is 0 Å². The predicted octanol–water partition coefficient (Wildman–Crippen LogP) is 5.98. The number of nitrogens with one attached hydrogen (secondary N) is 1. The SMILES string of the molecule is CCOc1ccccc1/C=C/C(=O)Nc1c(C(C)C)cccc1C(C)C. The zero-order valence-corrected chi connectivity index (χ0v) is 16.4. The summed E-state index contributed by atoms with van der Waals surface area (Å²) in [5, 5.41) is 3.10. The number of carbonyl (C=O) groups excluding carboxylic acids is 1. The van der Waals surface area contributed by atoms with Crippen LogP contribution in [0.2, 0.25) is 0 Å². The zero-order chi connectivity index (χ0) is 19.1. The molecule has 0 saturated carbocycles. The molecule has 0 unspecified atom stereocenters. The Hall–Kier alpha value is -2.55. The molecule has 138 valence electrons. The first-order valence-electron chi connectivity index (χ1n) is 9.27. The average molecular weight is 351 g/mol. The summed E-state index contributed by atoms with van der Waals surface area (Å²) in [7, 11) is 0. The molecule has 3 nitrogen and oxygen atoms in total. The van der Waals surface area contributed by atoms with Crippen molar-refractivity contribution in [2.75, 3.05) is 11.9 Å². The van der Waals surface area contributed by atoms with Crippen molar-refractivity contribution >= 4 is 17.7 Å². The van der Waals surface area contributed by atoms with Crippen LogP contribution < -0.4 is 10.1 Å². The van der Waals surface area contributed by atoms with Gasteiger partial charge in [0.15, 0.2) is 0 Å². The highest BCUT2D eigenvalue weighted by Crippen LogP contribution is 2.32. The summed E-state index contributed by atoms with van der Waals surface area (Å²) >= 11 is 0. The van der Waals surface area contributed by atoms with Gasteiger partial charge >= 0.3 is 0 Å². The topological polar surface area (TPSA) is 38.3 Å². The number of para-hydroxylation sites is 2. The molecule has 26 heavy (non-hydrogen) atoms. The second-order valence-corrected chi connectivity index (χ2v) is 6.91. The Balaban J connectivity index is 2.26. The lowest BCUT2D eigenvalue weighted by atomic mass is 9.92. The molecule has 2 aromatic carbocycles. The molecule has 0 atom stereocenters. The van der Waals surface area contributed by atoms with Crippen molar-refractivity contribution in [3.8, 4) is 5.75 Å². The number of rotatable bonds is 7. The summed E-state index contributed by atoms with van der Waals surface area (Å²) < 4.78 is 5.61. The molecule has 0 heterocycles. The van der Waals surface area contributed by atoms with Gasteiger partial charge in [0.05, 0.1) is 6.61 Å². The van der Waals surface area contributed by atoms with Gasteiger partial charge in [-0.15, -0.1) is 0 Å². The summed E-state index contributed by atoms with van der Waals surface area (Å²) in [5.41, 5.74) is 4.15. The largest absolute Gasteiger partial charge is 0.493 e. The third-order valence-corrected chi connectivity index (χ3v) is 4.25. The van der Waals surface area contributed by atoms with Crippen molar-refractivity contribution in [2.24, 2.45) is 0 Å². The predicted molar refractivity (Wildman–Crippen MR) is 110 cm³/mol. The quantitative estimate of drug-likeness (QED) is 0.623. The molecule has 0 fully saturated rings. The fraction of sp³-hybridized carbons (Fsp3) is 0.348. The smallest absolute Gasteiger partial charge is 0.248 e. The van der Waals surface area contributed by atoms with Gasteiger partial charge in [0.2, 0.25) is 5.91 Å². The molecule has 0 aliphatic carbocycles. The van der Waals surface area contributed by atoms with E-state index in [1.54, 1.807) is 12.2 Å². The van der Waals surface area contributed by atoms with Gasteiger partial charge in [0, 0.05) is 17.3 Å². The number of amides is 1. The Morgan fingerprint density at radius 2 is 1.62 bits per heavy atom. The molecule has 0 bridgehead atoms. The van der Waals surface area contributed by atoms with Crippen LogP contribution in [0.25, 0.3) is 6.08 Å². The number of ether oxygens (including phenoxy) is 1. The number of benzene rings is 2. The lowest BCUT2D eigenvalue weighted by Gasteiger charge is -2.19. The van der Waals surface area contributed by atoms with Gasteiger partial charge in [0.1, 0.15) is 5.75 Å². The number of hydrogen-bond acceptors (Lipinski definition) is 2. The monoisotopic (exact) mass is 351 g/mol. The molecule has 2 rings (SSSR count). The van der Waals surface area contributed by atoms with Crippen molar-refractivity contribution in [2.45, 2.75) is 46.5 Å². The fourth-order valence-electron chi connectivity index (χ4n) is 2.93. The number of hydrogen-bond donors (Lipinski definition) is 1. The van der Waals surface area contributed by atoms with Gasteiger partial charge in [-0.25, -0.2) is 0 Å². The molecule has 0 spiro atoms. The molecule has 0 aliphatic heterocycles. The lowest BCUT2D eigenvalue weighted by Crippen LogP contribution is -2.13. The van der Waals surface area contributed by atoms with Crippen LogP contribution in [0.3, 0.4) is 0 Å². The molecule has 1 N–H and O–H groups in total. The van der Waals surface area contributed by atoms with E-state index in [9.17, 15) is 4.79 Å². The van der Waals surface area contributed by atoms with E-state index in [0.717, 1.165) is 28.1 Å². The van der Waals surface area contributed by atoms with Crippen LogP contribution >= 0.6 is 0 Å². The van der Waals surface area contributed by atoms with Crippen LogP contribution in [0, 0.1) is 0 Å². The molecule has 3 heteroatoms. The number of carbonyl (C=O) groups is 1. The molecule has 0 aromatic heterocycles. The van der Waals surface area contributed by atoms with Crippen molar-refractivity contribution < 1.29 is 9.53 Å². The molecule has 0 radical (unpaired) electrons. The van der Waals surface area contributed by atoms with Crippen LogP contribution in [-0.4, -0.2) is 12.5 Å². The first-order chi connectivity index (χ1) is 12.4. The minimum atomic E-state index is -0.133. The first kappa shape index (κ1) is 19.8. The van der Waals surface area contributed by atoms with Crippen LogP contribution in [-0.2, 0) is 4.79 Å². The second kappa shape index (κ2) is 9.23. The highest BCUT2D eigenvalue weighted by molar-refractivity contribution is 6.03. The molecule has 1 amide bonds. The van der Waals surface area contributed by atoms with E-state index >= 15 is 0 Å². The highest BCUT2D eigenvalue weighted by Gasteiger charge is 2.15.